The Morgan fingerprint density at radius 2 is 1.89 bits per heavy atom. The monoisotopic (exact) mass is 434 g/mol. The van der Waals surface area contributed by atoms with Gasteiger partial charge in [-0.05, 0) is 36.2 Å². The average molecular weight is 435 g/mol. The van der Waals surface area contributed by atoms with Crippen LogP contribution in [0.25, 0.3) is 0 Å². The predicted molar refractivity (Wildman–Crippen MR) is 108 cm³/mol. The molecule has 0 spiro atoms. The Bertz CT molecular complexity index is 680. The summed E-state index contributed by atoms with van der Waals surface area (Å²) in [6, 6.07) is 12.9. The summed E-state index contributed by atoms with van der Waals surface area (Å²) >= 11 is 3.53. The van der Waals surface area contributed by atoms with E-state index in [1.165, 1.54) is 5.56 Å². The molecule has 2 saturated heterocycles. The second-order valence-electron chi connectivity index (χ2n) is 7.25. The lowest BCUT2D eigenvalue weighted by atomic mass is 9.95. The predicted octanol–water partition coefficient (Wildman–Crippen LogP) is 3.46. The van der Waals surface area contributed by atoms with E-state index in [-0.39, 0.29) is 6.04 Å². The molecular formula is C21H27BrN2O3. The van der Waals surface area contributed by atoms with Gasteiger partial charge >= 0.3 is 0 Å². The van der Waals surface area contributed by atoms with Crippen molar-refractivity contribution in [1.82, 2.24) is 10.2 Å². The fourth-order valence-electron chi connectivity index (χ4n) is 4.09. The highest BCUT2D eigenvalue weighted by Gasteiger charge is 2.32. The molecular weight excluding hydrogens is 408 g/mol. The van der Waals surface area contributed by atoms with Crippen molar-refractivity contribution >= 4 is 15.9 Å². The van der Waals surface area contributed by atoms with E-state index in [1.807, 2.05) is 12.1 Å². The number of hydrogen-bond donors (Lipinski definition) is 1. The number of morpholine rings is 1. The number of halogens is 1. The Morgan fingerprint density at radius 3 is 2.56 bits per heavy atom. The molecule has 1 aromatic heterocycles. The van der Waals surface area contributed by atoms with Gasteiger partial charge in [-0.2, -0.15) is 0 Å². The second-order valence-corrected chi connectivity index (χ2v) is 8.16. The van der Waals surface area contributed by atoms with Gasteiger partial charge in [0.15, 0.2) is 0 Å². The summed E-state index contributed by atoms with van der Waals surface area (Å²) in [5.74, 6) is 1.51. The van der Waals surface area contributed by atoms with Crippen LogP contribution >= 0.6 is 15.9 Å². The van der Waals surface area contributed by atoms with Crippen molar-refractivity contribution in [3.05, 3.63) is 58.5 Å². The van der Waals surface area contributed by atoms with Gasteiger partial charge in [0, 0.05) is 42.7 Å². The lowest BCUT2D eigenvalue weighted by Gasteiger charge is -2.38. The first-order valence-electron chi connectivity index (χ1n) is 9.73. The van der Waals surface area contributed by atoms with Gasteiger partial charge in [0.05, 0.1) is 32.1 Å². The maximum atomic E-state index is 5.75. The summed E-state index contributed by atoms with van der Waals surface area (Å²) < 4.78 is 18.1. The Hall–Kier alpha value is -1.18. The van der Waals surface area contributed by atoms with Gasteiger partial charge in [-0.1, -0.05) is 28.1 Å². The number of hydrogen-bond acceptors (Lipinski definition) is 5. The zero-order valence-electron chi connectivity index (χ0n) is 15.5. The van der Waals surface area contributed by atoms with Crippen molar-refractivity contribution in [2.24, 2.45) is 5.92 Å². The molecule has 0 radical (unpaired) electrons. The summed E-state index contributed by atoms with van der Waals surface area (Å²) in [5, 5.41) is 3.79. The van der Waals surface area contributed by atoms with Gasteiger partial charge < -0.3 is 19.2 Å². The highest BCUT2D eigenvalue weighted by molar-refractivity contribution is 9.10. The molecule has 6 heteroatoms. The zero-order valence-corrected chi connectivity index (χ0v) is 17.1. The largest absolute Gasteiger partial charge is 0.467 e. The summed E-state index contributed by atoms with van der Waals surface area (Å²) in [7, 11) is 0. The molecule has 2 fully saturated rings. The number of ether oxygens (including phenoxy) is 2. The summed E-state index contributed by atoms with van der Waals surface area (Å²) in [6.07, 6.45) is 2.88. The van der Waals surface area contributed by atoms with Crippen LogP contribution in [-0.2, 0) is 9.47 Å². The van der Waals surface area contributed by atoms with E-state index in [0.717, 1.165) is 62.7 Å². The Balaban J connectivity index is 1.51. The van der Waals surface area contributed by atoms with Gasteiger partial charge in [-0.15, -0.1) is 0 Å². The first-order chi connectivity index (χ1) is 13.3. The minimum Gasteiger partial charge on any atom is -0.467 e. The molecule has 2 aliphatic rings. The minimum atomic E-state index is 0.0407. The van der Waals surface area contributed by atoms with Gasteiger partial charge in [-0.3, -0.25) is 4.90 Å². The van der Waals surface area contributed by atoms with E-state index >= 15 is 0 Å². The molecule has 2 aromatic rings. The van der Waals surface area contributed by atoms with E-state index in [4.69, 9.17) is 13.9 Å². The molecule has 0 amide bonds. The first-order valence-corrected chi connectivity index (χ1v) is 10.5. The van der Waals surface area contributed by atoms with E-state index in [0.29, 0.717) is 12.0 Å². The normalized spacial score (nSPS) is 23.4. The molecule has 146 valence electrons. The molecule has 5 nitrogen and oxygen atoms in total. The molecule has 1 N–H and O–H groups in total. The lowest BCUT2D eigenvalue weighted by molar-refractivity contribution is 0.000923. The molecule has 3 atom stereocenters. The fraction of sp³-hybridized carbons (Fsp3) is 0.524. The van der Waals surface area contributed by atoms with Crippen LogP contribution in [0.2, 0.25) is 0 Å². The highest BCUT2D eigenvalue weighted by Crippen LogP contribution is 2.26. The van der Waals surface area contributed by atoms with Crippen LogP contribution in [0.15, 0.2) is 51.6 Å². The molecule has 27 heavy (non-hydrogen) atoms. The van der Waals surface area contributed by atoms with E-state index in [1.54, 1.807) is 6.26 Å². The molecule has 4 rings (SSSR count). The molecule has 1 aromatic carbocycles. The Morgan fingerprint density at radius 1 is 1.07 bits per heavy atom. The Kier molecular flexibility index (Phi) is 6.63. The minimum absolute atomic E-state index is 0.0407. The fourth-order valence-corrected chi connectivity index (χ4v) is 4.36. The van der Waals surface area contributed by atoms with Crippen LogP contribution in [0.3, 0.4) is 0 Å². The van der Waals surface area contributed by atoms with Crippen molar-refractivity contribution < 1.29 is 13.9 Å². The number of nitrogens with one attached hydrogen (secondary N) is 1. The standard InChI is InChI=1S/C21H27BrN2O3/c22-18-5-3-16(4-6-18)21(20-2-1-10-27-20)23-14-19(17-7-11-26-15-17)24-8-12-25-13-9-24/h1-6,10,17,19,21,23H,7-9,11-15H2/t17-,19-,21+/m1/s1. The highest BCUT2D eigenvalue weighted by atomic mass is 79.9. The van der Waals surface area contributed by atoms with Crippen LogP contribution < -0.4 is 5.32 Å². The van der Waals surface area contributed by atoms with Crippen molar-refractivity contribution in [2.75, 3.05) is 46.1 Å². The molecule has 0 saturated carbocycles. The SMILES string of the molecule is Brc1ccc([C@H](NC[C@H]([C@@H]2CCOC2)N2CCOCC2)c2ccco2)cc1. The van der Waals surface area contributed by atoms with Crippen LogP contribution in [0.4, 0.5) is 0 Å². The third kappa shape index (κ3) is 4.81. The van der Waals surface area contributed by atoms with Gasteiger partial charge in [0.2, 0.25) is 0 Å². The van der Waals surface area contributed by atoms with Crippen molar-refractivity contribution in [3.8, 4) is 0 Å². The number of benzene rings is 1. The molecule has 0 aliphatic carbocycles. The molecule has 0 unspecified atom stereocenters. The maximum Gasteiger partial charge on any atom is 0.125 e. The van der Waals surface area contributed by atoms with Crippen LogP contribution in [0, 0.1) is 5.92 Å². The molecule has 3 heterocycles. The lowest BCUT2D eigenvalue weighted by Crippen LogP contribution is -2.52. The topological polar surface area (TPSA) is 46.9 Å². The van der Waals surface area contributed by atoms with E-state index in [9.17, 15) is 0 Å². The third-order valence-corrected chi connectivity index (χ3v) is 6.11. The number of nitrogens with zero attached hydrogens (tertiary/aromatic N) is 1. The summed E-state index contributed by atoms with van der Waals surface area (Å²) in [4.78, 5) is 2.57. The summed E-state index contributed by atoms with van der Waals surface area (Å²) in [6.45, 7) is 6.25. The maximum absolute atomic E-state index is 5.75. The third-order valence-electron chi connectivity index (χ3n) is 5.59. The first kappa shape index (κ1) is 19.2. The van der Waals surface area contributed by atoms with E-state index < -0.39 is 0 Å². The van der Waals surface area contributed by atoms with Crippen molar-refractivity contribution in [3.63, 3.8) is 0 Å². The van der Waals surface area contributed by atoms with Crippen LogP contribution in [-0.4, -0.2) is 57.0 Å². The van der Waals surface area contributed by atoms with Crippen molar-refractivity contribution in [2.45, 2.75) is 18.5 Å². The Labute approximate surface area is 169 Å². The smallest absolute Gasteiger partial charge is 0.125 e. The summed E-state index contributed by atoms with van der Waals surface area (Å²) in [5.41, 5.74) is 1.21. The van der Waals surface area contributed by atoms with Crippen LogP contribution in [0.5, 0.6) is 0 Å². The number of rotatable bonds is 7. The second kappa shape index (κ2) is 9.34. The van der Waals surface area contributed by atoms with Gasteiger partial charge in [-0.25, -0.2) is 0 Å². The van der Waals surface area contributed by atoms with Gasteiger partial charge in [0.1, 0.15) is 5.76 Å². The number of furan rings is 1. The quantitative estimate of drug-likeness (QED) is 0.722. The molecule has 0 bridgehead atoms. The zero-order chi connectivity index (χ0) is 18.5. The average Bonchev–Trinajstić information content (AvgIpc) is 3.41. The van der Waals surface area contributed by atoms with E-state index in [2.05, 4.69) is 50.4 Å². The van der Waals surface area contributed by atoms with Crippen LogP contribution in [0.1, 0.15) is 23.8 Å². The molecule has 2 aliphatic heterocycles. The van der Waals surface area contributed by atoms with Gasteiger partial charge in [0.25, 0.3) is 0 Å². The van der Waals surface area contributed by atoms with Crippen molar-refractivity contribution in [1.29, 1.82) is 0 Å².